The summed E-state index contributed by atoms with van der Waals surface area (Å²) in [6, 6.07) is 1.94. The molecule has 0 aliphatic heterocycles. The summed E-state index contributed by atoms with van der Waals surface area (Å²) >= 11 is 0. The van der Waals surface area contributed by atoms with Crippen LogP contribution < -0.4 is 4.74 Å². The molecule has 0 bridgehead atoms. The first kappa shape index (κ1) is 19.8. The lowest BCUT2D eigenvalue weighted by Crippen LogP contribution is -2.24. The first-order valence-electron chi connectivity index (χ1n) is 7.47. The molecule has 0 unspecified atom stereocenters. The minimum Gasteiger partial charge on any atom is -0.429 e. The maximum absolute atomic E-state index is 14.1. The summed E-state index contributed by atoms with van der Waals surface area (Å²) in [5, 5.41) is 0. The minimum absolute atomic E-state index is 0.0915. The summed E-state index contributed by atoms with van der Waals surface area (Å²) in [6.07, 6.45) is -0.572. The Morgan fingerprint density at radius 3 is 2.12 bits per heavy atom. The molecule has 0 saturated heterocycles. The second-order valence-electron chi connectivity index (χ2n) is 5.33. The summed E-state index contributed by atoms with van der Waals surface area (Å²) < 4.78 is 99.3. The van der Waals surface area contributed by atoms with Crippen LogP contribution in [0.3, 0.4) is 0 Å². The zero-order chi connectivity index (χ0) is 19.5. The van der Waals surface area contributed by atoms with Crippen LogP contribution in [-0.2, 0) is 12.5 Å². The summed E-state index contributed by atoms with van der Waals surface area (Å²) in [7, 11) is 0. The molecule has 0 aliphatic rings. The monoisotopic (exact) mass is 378 g/mol. The fraction of sp³-hybridized carbons (Fsp3) is 0.222. The Morgan fingerprint density at radius 2 is 1.54 bits per heavy atom. The third-order valence-electron chi connectivity index (χ3n) is 3.50. The van der Waals surface area contributed by atoms with Crippen LogP contribution in [0.25, 0.3) is 0 Å². The standard InChI is InChI=1S/C18H13F7O/c1-2-3-4-5-10-6-7-12(16(22)15(10)21)18(24,25)26-11-8-13(19)17(23)14(20)9-11/h2-3,6-9H,4-5H2,1H3. The van der Waals surface area contributed by atoms with E-state index in [2.05, 4.69) is 4.74 Å². The number of alkyl halides is 2. The van der Waals surface area contributed by atoms with Crippen LogP contribution in [-0.4, -0.2) is 0 Å². The van der Waals surface area contributed by atoms with Gasteiger partial charge in [0.25, 0.3) is 0 Å². The van der Waals surface area contributed by atoms with Crippen LogP contribution in [0, 0.1) is 29.1 Å². The zero-order valence-electron chi connectivity index (χ0n) is 13.4. The van der Waals surface area contributed by atoms with Gasteiger partial charge in [0.1, 0.15) is 11.3 Å². The van der Waals surface area contributed by atoms with Crippen molar-refractivity contribution in [3.63, 3.8) is 0 Å². The Bertz CT molecular complexity index is 808. The zero-order valence-corrected chi connectivity index (χ0v) is 13.4. The number of allylic oxidation sites excluding steroid dienone is 2. The minimum atomic E-state index is -4.44. The number of aryl methyl sites for hydroxylation is 1. The highest BCUT2D eigenvalue weighted by molar-refractivity contribution is 5.31. The van der Waals surface area contributed by atoms with Crippen LogP contribution in [0.4, 0.5) is 30.7 Å². The van der Waals surface area contributed by atoms with Crippen molar-refractivity contribution in [3.8, 4) is 5.75 Å². The van der Waals surface area contributed by atoms with Crippen molar-refractivity contribution in [2.75, 3.05) is 0 Å². The average Bonchev–Trinajstić information content (AvgIpc) is 2.56. The lowest BCUT2D eigenvalue weighted by atomic mass is 10.0. The Balaban J connectivity index is 2.32. The van der Waals surface area contributed by atoms with Crippen molar-refractivity contribution in [3.05, 3.63) is 76.6 Å². The predicted molar refractivity (Wildman–Crippen MR) is 80.3 cm³/mol. The van der Waals surface area contributed by atoms with Gasteiger partial charge in [0.15, 0.2) is 29.1 Å². The van der Waals surface area contributed by atoms with Gasteiger partial charge < -0.3 is 4.74 Å². The van der Waals surface area contributed by atoms with E-state index < -0.39 is 46.5 Å². The van der Waals surface area contributed by atoms with Gasteiger partial charge >= 0.3 is 6.11 Å². The molecule has 1 nitrogen and oxygen atoms in total. The fourth-order valence-corrected chi connectivity index (χ4v) is 2.21. The molecule has 0 fully saturated rings. The van der Waals surface area contributed by atoms with E-state index in [1.165, 1.54) is 0 Å². The van der Waals surface area contributed by atoms with Gasteiger partial charge in [-0.25, -0.2) is 22.0 Å². The lowest BCUT2D eigenvalue weighted by molar-refractivity contribution is -0.188. The number of benzene rings is 2. The summed E-state index contributed by atoms with van der Waals surface area (Å²) in [5.74, 6) is -9.78. The van der Waals surface area contributed by atoms with Crippen LogP contribution in [0.5, 0.6) is 5.75 Å². The molecule has 0 radical (unpaired) electrons. The molecule has 8 heteroatoms. The Labute approximate surface area is 144 Å². The normalized spacial score (nSPS) is 12.0. The van der Waals surface area contributed by atoms with Crippen LogP contribution in [0.15, 0.2) is 36.4 Å². The van der Waals surface area contributed by atoms with Crippen molar-refractivity contribution in [2.45, 2.75) is 25.9 Å². The molecule has 0 aromatic heterocycles. The molecule has 0 heterocycles. The average molecular weight is 378 g/mol. The topological polar surface area (TPSA) is 9.23 Å². The van der Waals surface area contributed by atoms with Gasteiger partial charge in [0.2, 0.25) is 0 Å². The fourth-order valence-electron chi connectivity index (χ4n) is 2.21. The van der Waals surface area contributed by atoms with Crippen molar-refractivity contribution in [1.29, 1.82) is 0 Å². The highest BCUT2D eigenvalue weighted by Crippen LogP contribution is 2.35. The van der Waals surface area contributed by atoms with Crippen molar-refractivity contribution >= 4 is 0 Å². The first-order chi connectivity index (χ1) is 12.2. The SMILES string of the molecule is CC=CCCc1ccc(C(F)(F)Oc2cc(F)c(F)c(F)c2)c(F)c1F. The number of halogens is 7. The van der Waals surface area contributed by atoms with E-state index in [0.717, 1.165) is 6.07 Å². The van der Waals surface area contributed by atoms with E-state index in [-0.39, 0.29) is 24.1 Å². The molecule has 2 aromatic carbocycles. The molecule has 0 N–H and O–H groups in total. The predicted octanol–water partition coefficient (Wildman–Crippen LogP) is 6.02. The Morgan fingerprint density at radius 1 is 0.923 bits per heavy atom. The van der Waals surface area contributed by atoms with E-state index in [1.54, 1.807) is 19.1 Å². The number of hydrogen-bond acceptors (Lipinski definition) is 1. The largest absolute Gasteiger partial charge is 0.429 e. The smallest absolute Gasteiger partial charge is 0.429 e. The second kappa shape index (κ2) is 7.80. The van der Waals surface area contributed by atoms with E-state index in [0.29, 0.717) is 12.5 Å². The maximum Gasteiger partial charge on any atom is 0.429 e. The van der Waals surface area contributed by atoms with Crippen molar-refractivity contribution < 1.29 is 35.5 Å². The molecule has 0 aliphatic carbocycles. The van der Waals surface area contributed by atoms with Gasteiger partial charge in [-0.2, -0.15) is 8.78 Å². The summed E-state index contributed by atoms with van der Waals surface area (Å²) in [6.45, 7) is 1.74. The third kappa shape index (κ3) is 4.17. The molecule has 0 spiro atoms. The van der Waals surface area contributed by atoms with Gasteiger partial charge in [-0.3, -0.25) is 0 Å². The van der Waals surface area contributed by atoms with E-state index >= 15 is 0 Å². The summed E-state index contributed by atoms with van der Waals surface area (Å²) in [4.78, 5) is 0. The highest BCUT2D eigenvalue weighted by atomic mass is 19.3. The number of ether oxygens (including phenoxy) is 1. The number of hydrogen-bond donors (Lipinski definition) is 0. The van der Waals surface area contributed by atoms with E-state index in [9.17, 15) is 30.7 Å². The Hall–Kier alpha value is -2.51. The first-order valence-corrected chi connectivity index (χ1v) is 7.47. The van der Waals surface area contributed by atoms with E-state index in [1.807, 2.05) is 0 Å². The molecule has 2 rings (SSSR count). The molecule has 2 aromatic rings. The maximum atomic E-state index is 14.1. The quantitative estimate of drug-likeness (QED) is 0.339. The molecular formula is C18H13F7O. The Kier molecular flexibility index (Phi) is 5.94. The summed E-state index contributed by atoms with van der Waals surface area (Å²) in [5.41, 5.74) is -1.56. The molecule has 26 heavy (non-hydrogen) atoms. The second-order valence-corrected chi connectivity index (χ2v) is 5.33. The molecule has 0 amide bonds. The van der Waals surface area contributed by atoms with Crippen molar-refractivity contribution in [2.24, 2.45) is 0 Å². The van der Waals surface area contributed by atoms with Gasteiger partial charge in [0, 0.05) is 12.1 Å². The highest BCUT2D eigenvalue weighted by Gasteiger charge is 2.39. The van der Waals surface area contributed by atoms with Crippen LogP contribution >= 0.6 is 0 Å². The lowest BCUT2D eigenvalue weighted by Gasteiger charge is -2.20. The van der Waals surface area contributed by atoms with Gasteiger partial charge in [-0.1, -0.05) is 18.2 Å². The van der Waals surface area contributed by atoms with Crippen molar-refractivity contribution in [1.82, 2.24) is 0 Å². The van der Waals surface area contributed by atoms with E-state index in [4.69, 9.17) is 0 Å². The third-order valence-corrected chi connectivity index (χ3v) is 3.50. The molecule has 0 atom stereocenters. The van der Waals surface area contributed by atoms with Gasteiger partial charge in [0.05, 0.1) is 0 Å². The number of rotatable bonds is 6. The van der Waals surface area contributed by atoms with Gasteiger partial charge in [-0.05, 0) is 31.4 Å². The molecule has 0 saturated carbocycles. The van der Waals surface area contributed by atoms with Gasteiger partial charge in [-0.15, -0.1) is 0 Å². The van der Waals surface area contributed by atoms with Crippen LogP contribution in [0.2, 0.25) is 0 Å². The van der Waals surface area contributed by atoms with Crippen LogP contribution in [0.1, 0.15) is 24.5 Å². The molecular weight excluding hydrogens is 365 g/mol. The molecule has 140 valence electrons.